The molecule has 0 fully saturated rings. The molecular formula is C19H18O6. The van der Waals surface area contributed by atoms with E-state index in [0.29, 0.717) is 22.8 Å². The van der Waals surface area contributed by atoms with Crippen molar-refractivity contribution in [3.63, 3.8) is 0 Å². The van der Waals surface area contributed by atoms with Crippen LogP contribution < -0.4 is 19.6 Å². The number of rotatable bonds is 6. The first-order chi connectivity index (χ1) is 12.0. The summed E-state index contributed by atoms with van der Waals surface area (Å²) in [7, 11) is 4.47. The summed E-state index contributed by atoms with van der Waals surface area (Å²) in [6, 6.07) is 8.93. The van der Waals surface area contributed by atoms with E-state index in [-0.39, 0.29) is 5.56 Å². The molecule has 2 rings (SSSR count). The number of aromatic hydroxyl groups is 1. The SMILES string of the molecule is COc1ccc(/C=C\C(=O)c2ccccc(=O)c2O)c(OC)c1OC. The van der Waals surface area contributed by atoms with Crippen LogP contribution in [0.25, 0.3) is 6.08 Å². The van der Waals surface area contributed by atoms with Crippen molar-refractivity contribution in [1.29, 1.82) is 0 Å². The quantitative estimate of drug-likeness (QED) is 0.642. The Labute approximate surface area is 144 Å². The Bertz CT molecular complexity index is 870. The summed E-state index contributed by atoms with van der Waals surface area (Å²) < 4.78 is 15.8. The number of allylic oxidation sites excluding steroid dienone is 1. The van der Waals surface area contributed by atoms with Crippen molar-refractivity contribution in [1.82, 2.24) is 0 Å². The number of ketones is 1. The maximum atomic E-state index is 12.3. The van der Waals surface area contributed by atoms with E-state index in [0.717, 1.165) is 0 Å². The fourth-order valence-electron chi connectivity index (χ4n) is 2.30. The molecule has 0 aliphatic heterocycles. The van der Waals surface area contributed by atoms with Crippen molar-refractivity contribution < 1.29 is 24.1 Å². The first kappa shape index (κ1) is 18.1. The highest BCUT2D eigenvalue weighted by molar-refractivity contribution is 6.08. The van der Waals surface area contributed by atoms with E-state index in [1.54, 1.807) is 12.1 Å². The van der Waals surface area contributed by atoms with Crippen LogP contribution in [-0.4, -0.2) is 32.2 Å². The number of hydrogen-bond donors (Lipinski definition) is 1. The van der Waals surface area contributed by atoms with Gasteiger partial charge in [0, 0.05) is 5.56 Å². The van der Waals surface area contributed by atoms with Crippen molar-refractivity contribution in [3.8, 4) is 23.0 Å². The average Bonchev–Trinajstić information content (AvgIpc) is 2.80. The Morgan fingerprint density at radius 1 is 0.960 bits per heavy atom. The summed E-state index contributed by atoms with van der Waals surface area (Å²) in [4.78, 5) is 23.9. The lowest BCUT2D eigenvalue weighted by molar-refractivity contribution is 0.104. The van der Waals surface area contributed by atoms with Gasteiger partial charge in [0.05, 0.1) is 26.9 Å². The molecule has 0 spiro atoms. The highest BCUT2D eigenvalue weighted by Gasteiger charge is 2.15. The van der Waals surface area contributed by atoms with Crippen molar-refractivity contribution in [2.45, 2.75) is 0 Å². The predicted molar refractivity (Wildman–Crippen MR) is 93.8 cm³/mol. The topological polar surface area (TPSA) is 82.1 Å². The summed E-state index contributed by atoms with van der Waals surface area (Å²) >= 11 is 0. The summed E-state index contributed by atoms with van der Waals surface area (Å²) in [6.07, 6.45) is 2.76. The van der Waals surface area contributed by atoms with Crippen molar-refractivity contribution in [2.75, 3.05) is 21.3 Å². The van der Waals surface area contributed by atoms with Gasteiger partial charge in [0.2, 0.25) is 11.2 Å². The molecule has 2 aromatic carbocycles. The van der Waals surface area contributed by atoms with E-state index in [1.807, 2.05) is 0 Å². The van der Waals surface area contributed by atoms with E-state index in [9.17, 15) is 14.7 Å². The zero-order valence-corrected chi connectivity index (χ0v) is 14.1. The van der Waals surface area contributed by atoms with Crippen molar-refractivity contribution in [3.05, 3.63) is 63.8 Å². The Hall–Kier alpha value is -3.28. The summed E-state index contributed by atoms with van der Waals surface area (Å²) in [5, 5.41) is 9.85. The van der Waals surface area contributed by atoms with Crippen molar-refractivity contribution in [2.24, 2.45) is 0 Å². The van der Waals surface area contributed by atoms with Gasteiger partial charge < -0.3 is 19.3 Å². The second-order valence-corrected chi connectivity index (χ2v) is 4.97. The van der Waals surface area contributed by atoms with Gasteiger partial charge >= 0.3 is 0 Å². The Kier molecular flexibility index (Phi) is 5.79. The number of carbonyl (C=O) groups excluding carboxylic acids is 1. The third kappa shape index (κ3) is 3.80. The van der Waals surface area contributed by atoms with Crippen LogP contribution >= 0.6 is 0 Å². The number of benzene rings is 1. The third-order valence-corrected chi connectivity index (χ3v) is 3.52. The normalized spacial score (nSPS) is 10.5. The number of carbonyl (C=O) groups is 1. The van der Waals surface area contributed by atoms with E-state index in [4.69, 9.17) is 14.2 Å². The second kappa shape index (κ2) is 8.01. The van der Waals surface area contributed by atoms with Gasteiger partial charge in [-0.05, 0) is 36.4 Å². The van der Waals surface area contributed by atoms with E-state index < -0.39 is 17.0 Å². The first-order valence-electron chi connectivity index (χ1n) is 7.37. The van der Waals surface area contributed by atoms with Crippen LogP contribution in [0.2, 0.25) is 0 Å². The third-order valence-electron chi connectivity index (χ3n) is 3.52. The molecule has 0 unspecified atom stereocenters. The van der Waals surface area contributed by atoms with Crippen LogP contribution in [0.1, 0.15) is 15.9 Å². The smallest absolute Gasteiger partial charge is 0.220 e. The molecule has 6 heteroatoms. The Morgan fingerprint density at radius 2 is 1.64 bits per heavy atom. The Balaban J connectivity index is 2.44. The van der Waals surface area contributed by atoms with E-state index in [2.05, 4.69) is 0 Å². The number of methoxy groups -OCH3 is 3. The molecule has 0 saturated carbocycles. The molecule has 0 atom stereocenters. The van der Waals surface area contributed by atoms with Crippen molar-refractivity contribution >= 4 is 11.9 Å². The lowest BCUT2D eigenvalue weighted by Crippen LogP contribution is -2.01. The zero-order valence-electron chi connectivity index (χ0n) is 14.1. The summed E-state index contributed by atoms with van der Waals surface area (Å²) in [5.41, 5.74) is -0.119. The molecule has 0 bridgehead atoms. The molecule has 1 N–H and O–H groups in total. The largest absolute Gasteiger partial charge is 0.504 e. The maximum absolute atomic E-state index is 12.3. The van der Waals surface area contributed by atoms with Crippen LogP contribution in [0.4, 0.5) is 0 Å². The van der Waals surface area contributed by atoms with Gasteiger partial charge in [-0.15, -0.1) is 0 Å². The monoisotopic (exact) mass is 342 g/mol. The van der Waals surface area contributed by atoms with Crippen LogP contribution in [-0.2, 0) is 0 Å². The molecule has 0 radical (unpaired) electrons. The molecule has 0 aliphatic rings. The predicted octanol–water partition coefficient (Wildman–Crippen LogP) is 2.67. The van der Waals surface area contributed by atoms with E-state index >= 15 is 0 Å². The standard InChI is InChI=1S/C19H18O6/c1-23-16-11-9-12(18(24-2)19(16)25-3)8-10-14(20)13-6-4-5-7-15(21)17(13)22/h4-11H,1-3H3,(H,21,22)/b10-8-. The minimum atomic E-state index is -0.620. The maximum Gasteiger partial charge on any atom is 0.220 e. The fourth-order valence-corrected chi connectivity index (χ4v) is 2.30. The van der Waals surface area contributed by atoms with E-state index in [1.165, 1.54) is 57.7 Å². The minimum absolute atomic E-state index is 0.0781. The highest BCUT2D eigenvalue weighted by Crippen LogP contribution is 2.40. The zero-order chi connectivity index (χ0) is 18.4. The highest BCUT2D eigenvalue weighted by atomic mass is 16.5. The van der Waals surface area contributed by atoms with Crippen LogP contribution in [0.5, 0.6) is 23.0 Å². The number of hydrogen-bond acceptors (Lipinski definition) is 6. The molecule has 2 aromatic rings. The molecule has 0 heterocycles. The second-order valence-electron chi connectivity index (χ2n) is 4.97. The van der Waals surface area contributed by atoms with Gasteiger partial charge in [-0.2, -0.15) is 0 Å². The fraction of sp³-hybridized carbons (Fsp3) is 0.158. The average molecular weight is 342 g/mol. The molecule has 0 saturated heterocycles. The molecule has 0 amide bonds. The summed E-state index contributed by atoms with van der Waals surface area (Å²) in [6.45, 7) is 0. The number of ether oxygens (including phenoxy) is 3. The van der Waals surface area contributed by atoms with Crippen LogP contribution in [0.15, 0.2) is 47.3 Å². The molecule has 25 heavy (non-hydrogen) atoms. The van der Waals surface area contributed by atoms with Gasteiger partial charge in [0.15, 0.2) is 23.0 Å². The van der Waals surface area contributed by atoms with Gasteiger partial charge in [-0.25, -0.2) is 0 Å². The first-order valence-corrected chi connectivity index (χ1v) is 7.37. The lowest BCUT2D eigenvalue weighted by Gasteiger charge is -2.13. The van der Waals surface area contributed by atoms with Gasteiger partial charge in [0.25, 0.3) is 0 Å². The van der Waals surface area contributed by atoms with Gasteiger partial charge in [0.1, 0.15) is 0 Å². The molecular weight excluding hydrogens is 324 g/mol. The van der Waals surface area contributed by atoms with Crippen LogP contribution in [0, 0.1) is 0 Å². The van der Waals surface area contributed by atoms with Gasteiger partial charge in [-0.3, -0.25) is 9.59 Å². The van der Waals surface area contributed by atoms with Gasteiger partial charge in [-0.1, -0.05) is 12.1 Å². The lowest BCUT2D eigenvalue weighted by atomic mass is 10.1. The minimum Gasteiger partial charge on any atom is -0.504 e. The molecule has 6 nitrogen and oxygen atoms in total. The molecule has 0 aromatic heterocycles. The molecule has 130 valence electrons. The Morgan fingerprint density at radius 3 is 2.28 bits per heavy atom. The summed E-state index contributed by atoms with van der Waals surface area (Å²) in [5.74, 6) is 0.196. The van der Waals surface area contributed by atoms with Crippen LogP contribution in [0.3, 0.4) is 0 Å². The molecule has 0 aliphatic carbocycles.